The van der Waals surface area contributed by atoms with Crippen molar-refractivity contribution in [3.05, 3.63) is 12.2 Å². The van der Waals surface area contributed by atoms with Gasteiger partial charge in [0.15, 0.2) is 12.4 Å². The standard InChI is InChI=1S/C90H175NO8/c1-6-8-10-12-14-16-18-20-22-24-26-28-30-32-34-36-38-40-42-43-44-45-47-48-50-52-54-56-58-60-62-64-66-68-70-72-74-76-78-80-87(92)97-84-86(85-98-90(89(94)95)96-83-82-91(3,4)5)99-88(93)81-79-77-75-73-71-69-67-65-63-61-59-57-55-53-51-49-46-41-39-37-35-33-31-29-27-25-23-21-19-17-15-13-11-9-7-2/h25,27,86,90H,6-24,26,28-85H2,1-5H3/b27-25-. The first kappa shape index (κ1) is 97.0. The molecular formula is C90H175NO8. The van der Waals surface area contributed by atoms with Gasteiger partial charge in [-0.25, -0.2) is 0 Å². The molecule has 2 unspecified atom stereocenters. The Morgan fingerprint density at radius 1 is 0.293 bits per heavy atom. The van der Waals surface area contributed by atoms with Crippen LogP contribution in [-0.2, 0) is 33.3 Å². The van der Waals surface area contributed by atoms with Gasteiger partial charge in [-0.3, -0.25) is 9.59 Å². The number of carbonyl (C=O) groups is 3. The predicted molar refractivity (Wildman–Crippen MR) is 427 cm³/mol. The first-order valence-corrected chi connectivity index (χ1v) is 44.8. The van der Waals surface area contributed by atoms with Gasteiger partial charge in [-0.15, -0.1) is 0 Å². The van der Waals surface area contributed by atoms with E-state index in [1.165, 1.54) is 424 Å². The van der Waals surface area contributed by atoms with Crippen LogP contribution in [0.5, 0.6) is 0 Å². The summed E-state index contributed by atoms with van der Waals surface area (Å²) in [6.07, 6.45) is 101. The minimum absolute atomic E-state index is 0.153. The number of quaternary nitrogens is 1. The van der Waals surface area contributed by atoms with Gasteiger partial charge in [0, 0.05) is 12.8 Å². The van der Waals surface area contributed by atoms with Crippen LogP contribution in [0.15, 0.2) is 12.2 Å². The van der Waals surface area contributed by atoms with Crippen molar-refractivity contribution < 1.29 is 42.9 Å². The Kier molecular flexibility index (Phi) is 80.1. The summed E-state index contributed by atoms with van der Waals surface area (Å²) in [4.78, 5) is 37.7. The van der Waals surface area contributed by atoms with Gasteiger partial charge in [0.05, 0.1) is 40.3 Å². The maximum absolute atomic E-state index is 13.0. The SMILES string of the molecule is CCCCCCCCCC/C=C\CCCCCCCCCCCCCCCCCCCCCCCCCC(=O)OC(COC(=O)CCCCCCCCCCCCCCCCCCCCCCCCCCCCCCCCCCCCCCCCC)COC(OCC[N+](C)(C)C)C(=O)[O-]. The number of hydrogen-bond donors (Lipinski definition) is 0. The number of aliphatic carboxylic acids is 1. The molecule has 99 heavy (non-hydrogen) atoms. The average molecular weight is 1400 g/mol. The van der Waals surface area contributed by atoms with E-state index < -0.39 is 24.3 Å². The van der Waals surface area contributed by atoms with Crippen LogP contribution in [0.3, 0.4) is 0 Å². The molecule has 588 valence electrons. The number of allylic oxidation sites excluding steroid dienone is 2. The van der Waals surface area contributed by atoms with Crippen LogP contribution in [0.4, 0.5) is 0 Å². The topological polar surface area (TPSA) is 111 Å². The third kappa shape index (κ3) is 83.2. The first-order chi connectivity index (χ1) is 48.6. The molecule has 0 heterocycles. The first-order valence-electron chi connectivity index (χ1n) is 44.8. The van der Waals surface area contributed by atoms with E-state index in [-0.39, 0.29) is 32.2 Å². The van der Waals surface area contributed by atoms with Crippen molar-refractivity contribution in [3.63, 3.8) is 0 Å². The largest absolute Gasteiger partial charge is 0.545 e. The van der Waals surface area contributed by atoms with Gasteiger partial charge >= 0.3 is 11.9 Å². The highest BCUT2D eigenvalue weighted by Crippen LogP contribution is 2.21. The van der Waals surface area contributed by atoms with Gasteiger partial charge in [-0.1, -0.05) is 450 Å². The van der Waals surface area contributed by atoms with Crippen molar-refractivity contribution in [3.8, 4) is 0 Å². The Bertz CT molecular complexity index is 1630. The second-order valence-corrected chi connectivity index (χ2v) is 32.3. The van der Waals surface area contributed by atoms with E-state index in [1.54, 1.807) is 0 Å². The van der Waals surface area contributed by atoms with Crippen molar-refractivity contribution >= 4 is 17.9 Å². The number of hydrogen-bond acceptors (Lipinski definition) is 8. The molecule has 0 aliphatic carbocycles. The van der Waals surface area contributed by atoms with E-state index in [0.717, 1.165) is 38.5 Å². The summed E-state index contributed by atoms with van der Waals surface area (Å²) in [5.41, 5.74) is 0. The molecule has 0 radical (unpaired) electrons. The Morgan fingerprint density at radius 2 is 0.515 bits per heavy atom. The smallest absolute Gasteiger partial charge is 0.306 e. The summed E-state index contributed by atoms with van der Waals surface area (Å²) < 4.78 is 22.9. The molecule has 0 aliphatic heterocycles. The number of carboxylic acids is 1. The number of nitrogens with zero attached hydrogens (tertiary/aromatic N) is 1. The molecule has 0 fully saturated rings. The summed E-state index contributed by atoms with van der Waals surface area (Å²) in [5, 5.41) is 11.9. The zero-order valence-corrected chi connectivity index (χ0v) is 67.7. The molecule has 0 aromatic carbocycles. The van der Waals surface area contributed by atoms with Crippen LogP contribution in [0.25, 0.3) is 0 Å². The fourth-order valence-corrected chi connectivity index (χ4v) is 14.2. The minimum atomic E-state index is -1.62. The summed E-state index contributed by atoms with van der Waals surface area (Å²) in [7, 11) is 5.96. The molecule has 0 saturated heterocycles. The molecule has 9 heteroatoms. The van der Waals surface area contributed by atoms with Crippen molar-refractivity contribution in [2.24, 2.45) is 0 Å². The van der Waals surface area contributed by atoms with E-state index in [1.807, 2.05) is 21.1 Å². The van der Waals surface area contributed by atoms with Crippen LogP contribution >= 0.6 is 0 Å². The predicted octanol–water partition coefficient (Wildman–Crippen LogP) is 27.7. The van der Waals surface area contributed by atoms with E-state index in [2.05, 4.69) is 26.0 Å². The van der Waals surface area contributed by atoms with Crippen molar-refractivity contribution in [2.75, 3.05) is 47.5 Å². The van der Waals surface area contributed by atoms with Gasteiger partial charge in [0.1, 0.15) is 13.2 Å². The molecule has 0 amide bonds. The number of carbonyl (C=O) groups excluding carboxylic acids is 3. The van der Waals surface area contributed by atoms with Gasteiger partial charge in [-0.05, 0) is 38.5 Å². The van der Waals surface area contributed by atoms with E-state index in [9.17, 15) is 19.5 Å². The van der Waals surface area contributed by atoms with Crippen molar-refractivity contribution in [2.45, 2.75) is 501 Å². The molecule has 0 aliphatic rings. The lowest BCUT2D eigenvalue weighted by Gasteiger charge is -2.26. The molecule has 0 N–H and O–H groups in total. The van der Waals surface area contributed by atoms with Crippen molar-refractivity contribution in [1.82, 2.24) is 0 Å². The lowest BCUT2D eigenvalue weighted by molar-refractivity contribution is -0.870. The fraction of sp³-hybridized carbons (Fsp3) is 0.944. The van der Waals surface area contributed by atoms with E-state index in [0.29, 0.717) is 17.4 Å². The lowest BCUT2D eigenvalue weighted by atomic mass is 10.0. The number of esters is 2. The third-order valence-electron chi connectivity index (χ3n) is 21.0. The molecule has 0 aromatic heterocycles. The quantitative estimate of drug-likeness (QED) is 0.0195. The molecule has 0 rings (SSSR count). The Labute approximate surface area is 618 Å². The highest BCUT2D eigenvalue weighted by atomic mass is 16.7. The van der Waals surface area contributed by atoms with Crippen LogP contribution in [0.1, 0.15) is 489 Å². The highest BCUT2D eigenvalue weighted by Gasteiger charge is 2.22. The number of carboxylic acid groups (broad SMARTS) is 1. The zero-order chi connectivity index (χ0) is 71.8. The summed E-state index contributed by atoms with van der Waals surface area (Å²) in [5.74, 6) is -2.24. The summed E-state index contributed by atoms with van der Waals surface area (Å²) >= 11 is 0. The van der Waals surface area contributed by atoms with Gasteiger partial charge in [0.25, 0.3) is 0 Å². The Morgan fingerprint density at radius 3 is 0.747 bits per heavy atom. The van der Waals surface area contributed by atoms with Gasteiger partial charge in [-0.2, -0.15) is 0 Å². The summed E-state index contributed by atoms with van der Waals surface area (Å²) in [6.45, 7) is 4.85. The lowest BCUT2D eigenvalue weighted by Crippen LogP contribution is -2.44. The number of ether oxygens (including phenoxy) is 4. The van der Waals surface area contributed by atoms with Crippen LogP contribution in [-0.4, -0.2) is 82.3 Å². The molecular weight excluding hydrogens is 1220 g/mol. The molecule has 0 saturated carbocycles. The van der Waals surface area contributed by atoms with Crippen LogP contribution < -0.4 is 5.11 Å². The minimum Gasteiger partial charge on any atom is -0.545 e. The zero-order valence-electron chi connectivity index (χ0n) is 67.7. The number of rotatable bonds is 86. The van der Waals surface area contributed by atoms with E-state index >= 15 is 0 Å². The van der Waals surface area contributed by atoms with E-state index in [4.69, 9.17) is 18.9 Å². The van der Waals surface area contributed by atoms with Crippen LogP contribution in [0.2, 0.25) is 0 Å². The highest BCUT2D eigenvalue weighted by molar-refractivity contribution is 5.70. The Hall–Kier alpha value is -1.97. The third-order valence-corrected chi connectivity index (χ3v) is 21.0. The number of unbranched alkanes of at least 4 members (excludes halogenated alkanes) is 69. The summed E-state index contributed by atoms with van der Waals surface area (Å²) in [6, 6.07) is 0. The van der Waals surface area contributed by atoms with Crippen LogP contribution in [0, 0.1) is 0 Å². The maximum atomic E-state index is 13.0. The monoisotopic (exact) mass is 1400 g/mol. The average Bonchev–Trinajstić information content (AvgIpc) is 1.16. The molecule has 0 aromatic rings. The van der Waals surface area contributed by atoms with Gasteiger partial charge in [0.2, 0.25) is 0 Å². The molecule has 2 atom stereocenters. The Balaban J connectivity index is 3.88. The molecule has 9 nitrogen and oxygen atoms in total. The fourth-order valence-electron chi connectivity index (χ4n) is 14.2. The normalized spacial score (nSPS) is 12.5. The maximum Gasteiger partial charge on any atom is 0.306 e. The second kappa shape index (κ2) is 81.7. The van der Waals surface area contributed by atoms with Crippen molar-refractivity contribution in [1.29, 1.82) is 0 Å². The second-order valence-electron chi connectivity index (χ2n) is 32.3. The number of likely N-dealkylation sites (N-methyl/N-ethyl adjacent to an activating group) is 1. The molecule has 0 spiro atoms. The molecule has 0 bridgehead atoms. The van der Waals surface area contributed by atoms with Gasteiger partial charge < -0.3 is 33.3 Å².